The zero-order valence-electron chi connectivity index (χ0n) is 15.0. The number of rotatable bonds is 6. The van der Waals surface area contributed by atoms with Crippen molar-refractivity contribution in [3.05, 3.63) is 58.1 Å². The lowest BCUT2D eigenvalue weighted by Gasteiger charge is -2.11. The van der Waals surface area contributed by atoms with Gasteiger partial charge in [-0.2, -0.15) is 0 Å². The zero-order valence-corrected chi connectivity index (χ0v) is 16.6. The predicted octanol–water partition coefficient (Wildman–Crippen LogP) is 3.12. The van der Waals surface area contributed by atoms with Crippen molar-refractivity contribution in [1.82, 2.24) is 5.32 Å². The smallest absolute Gasteiger partial charge is 0.296 e. The highest BCUT2D eigenvalue weighted by molar-refractivity contribution is 9.10. The Morgan fingerprint density at radius 1 is 1.00 bits per heavy atom. The van der Waals surface area contributed by atoms with Crippen molar-refractivity contribution in [3.63, 3.8) is 0 Å². The van der Waals surface area contributed by atoms with Gasteiger partial charge in [-0.1, -0.05) is 22.0 Å². The van der Waals surface area contributed by atoms with Gasteiger partial charge in [-0.25, -0.2) is 0 Å². The van der Waals surface area contributed by atoms with Crippen LogP contribution in [0, 0.1) is 0 Å². The van der Waals surface area contributed by atoms with Crippen molar-refractivity contribution in [3.8, 4) is 0 Å². The zero-order chi connectivity index (χ0) is 20.3. The third kappa shape index (κ3) is 5.04. The number of Topliss-reactive ketones (excluding diaryl/α,β-unsaturated/α-hetero) is 1. The molecule has 0 atom stereocenters. The molecule has 1 saturated carbocycles. The lowest BCUT2D eigenvalue weighted by atomic mass is 10.1. The van der Waals surface area contributed by atoms with Crippen molar-refractivity contribution in [2.24, 2.45) is 0 Å². The molecule has 0 unspecified atom stereocenters. The molecule has 0 bridgehead atoms. The van der Waals surface area contributed by atoms with Crippen molar-refractivity contribution in [2.45, 2.75) is 25.8 Å². The normalized spacial score (nSPS) is 12.8. The number of hydrogen-bond acceptors (Lipinski definition) is 4. The quantitative estimate of drug-likeness (QED) is 0.471. The second-order valence-corrected chi connectivity index (χ2v) is 7.40. The Bertz CT molecular complexity index is 970. The number of amides is 3. The van der Waals surface area contributed by atoms with E-state index in [1.165, 1.54) is 25.1 Å². The number of carbonyl (C=O) groups excluding carboxylic acids is 4. The van der Waals surface area contributed by atoms with Gasteiger partial charge in [-0.15, -0.1) is 0 Å². The number of carbonyl (C=O) groups is 4. The summed E-state index contributed by atoms with van der Waals surface area (Å²) in [5.74, 6) is -2.25. The van der Waals surface area contributed by atoms with E-state index >= 15 is 0 Å². The predicted molar refractivity (Wildman–Crippen MR) is 108 cm³/mol. The van der Waals surface area contributed by atoms with E-state index in [0.717, 1.165) is 12.8 Å². The van der Waals surface area contributed by atoms with Crippen LogP contribution in [0.2, 0.25) is 0 Å². The standard InChI is InChI=1S/C20H18BrN3O4/c1-11(25)22-17-8-5-13(21)10-16(17)18(26)20(28)24-15-4-2-3-12(9-15)19(27)23-14-6-7-14/h2-5,8-10,14H,6-7H2,1H3,(H,22,25)(H,23,27)(H,24,28). The van der Waals surface area contributed by atoms with Crippen LogP contribution in [0.3, 0.4) is 0 Å². The van der Waals surface area contributed by atoms with Gasteiger partial charge in [0.05, 0.1) is 11.3 Å². The van der Waals surface area contributed by atoms with Gasteiger partial charge in [0.15, 0.2) is 0 Å². The summed E-state index contributed by atoms with van der Waals surface area (Å²) in [7, 11) is 0. The van der Waals surface area contributed by atoms with Gasteiger partial charge in [0.1, 0.15) is 0 Å². The largest absolute Gasteiger partial charge is 0.349 e. The van der Waals surface area contributed by atoms with E-state index in [0.29, 0.717) is 15.7 Å². The van der Waals surface area contributed by atoms with Gasteiger partial charge < -0.3 is 16.0 Å². The highest BCUT2D eigenvalue weighted by atomic mass is 79.9. The molecule has 3 N–H and O–H groups in total. The Morgan fingerprint density at radius 3 is 2.43 bits per heavy atom. The first kappa shape index (κ1) is 19.8. The van der Waals surface area contributed by atoms with E-state index in [9.17, 15) is 19.2 Å². The SMILES string of the molecule is CC(=O)Nc1ccc(Br)cc1C(=O)C(=O)Nc1cccc(C(=O)NC2CC2)c1. The molecule has 7 nitrogen and oxygen atoms in total. The first-order chi connectivity index (χ1) is 13.3. The topological polar surface area (TPSA) is 104 Å². The summed E-state index contributed by atoms with van der Waals surface area (Å²) in [5, 5.41) is 7.91. The second kappa shape index (κ2) is 8.35. The van der Waals surface area contributed by atoms with E-state index in [1.807, 2.05) is 0 Å². The number of benzene rings is 2. The molecular weight excluding hydrogens is 426 g/mol. The molecule has 1 fully saturated rings. The van der Waals surface area contributed by atoms with Crippen molar-refractivity contribution in [1.29, 1.82) is 0 Å². The number of ketones is 1. The summed E-state index contributed by atoms with van der Waals surface area (Å²) in [6, 6.07) is 11.2. The number of halogens is 1. The summed E-state index contributed by atoms with van der Waals surface area (Å²) in [4.78, 5) is 48.5. The molecule has 144 valence electrons. The minimum absolute atomic E-state index is 0.0599. The summed E-state index contributed by atoms with van der Waals surface area (Å²) < 4.78 is 0.594. The van der Waals surface area contributed by atoms with E-state index < -0.39 is 11.7 Å². The number of nitrogens with one attached hydrogen (secondary N) is 3. The van der Waals surface area contributed by atoms with Crippen LogP contribution in [0.4, 0.5) is 11.4 Å². The Hall–Kier alpha value is -3.00. The molecule has 2 aromatic carbocycles. The monoisotopic (exact) mass is 443 g/mol. The molecule has 0 saturated heterocycles. The highest BCUT2D eigenvalue weighted by Gasteiger charge is 2.24. The molecule has 3 rings (SSSR count). The minimum atomic E-state index is -0.871. The Kier molecular flexibility index (Phi) is 5.89. The number of hydrogen-bond donors (Lipinski definition) is 3. The first-order valence-corrected chi connectivity index (χ1v) is 9.46. The van der Waals surface area contributed by atoms with Crippen LogP contribution in [-0.4, -0.2) is 29.5 Å². The molecule has 3 amide bonds. The van der Waals surface area contributed by atoms with Crippen LogP contribution in [0.5, 0.6) is 0 Å². The van der Waals surface area contributed by atoms with Gasteiger partial charge >= 0.3 is 0 Å². The molecule has 2 aromatic rings. The Balaban J connectivity index is 1.76. The fourth-order valence-corrected chi connectivity index (χ4v) is 2.91. The van der Waals surface area contributed by atoms with E-state index in [2.05, 4.69) is 31.9 Å². The average Bonchev–Trinajstić information content (AvgIpc) is 3.46. The molecule has 0 spiro atoms. The molecule has 8 heteroatoms. The maximum absolute atomic E-state index is 12.6. The van der Waals surface area contributed by atoms with E-state index in [4.69, 9.17) is 0 Å². The highest BCUT2D eigenvalue weighted by Crippen LogP contribution is 2.23. The maximum atomic E-state index is 12.6. The van der Waals surface area contributed by atoms with Crippen LogP contribution < -0.4 is 16.0 Å². The third-order valence-electron chi connectivity index (χ3n) is 4.04. The summed E-state index contributed by atoms with van der Waals surface area (Å²) in [5.41, 5.74) is 1.04. The van der Waals surface area contributed by atoms with Crippen LogP contribution in [-0.2, 0) is 9.59 Å². The van der Waals surface area contributed by atoms with Crippen molar-refractivity contribution >= 4 is 50.8 Å². The number of anilines is 2. The maximum Gasteiger partial charge on any atom is 0.296 e. The molecule has 1 aliphatic carbocycles. The van der Waals surface area contributed by atoms with Gasteiger partial charge in [0, 0.05) is 28.7 Å². The second-order valence-electron chi connectivity index (χ2n) is 6.48. The van der Waals surface area contributed by atoms with Crippen LogP contribution in [0.1, 0.15) is 40.5 Å². The molecule has 28 heavy (non-hydrogen) atoms. The fraction of sp³-hybridized carbons (Fsp3) is 0.200. The van der Waals surface area contributed by atoms with E-state index in [-0.39, 0.29) is 29.1 Å². The molecule has 0 heterocycles. The molecule has 1 aliphatic rings. The van der Waals surface area contributed by atoms with Crippen molar-refractivity contribution < 1.29 is 19.2 Å². The average molecular weight is 444 g/mol. The van der Waals surface area contributed by atoms with Gasteiger partial charge in [0.2, 0.25) is 5.91 Å². The Labute approximate surface area is 170 Å². The summed E-state index contributed by atoms with van der Waals surface area (Å²) in [6.07, 6.45) is 1.94. The molecular formula is C20H18BrN3O4. The van der Waals surface area contributed by atoms with Crippen LogP contribution >= 0.6 is 15.9 Å². The van der Waals surface area contributed by atoms with Gasteiger partial charge in [-0.3, -0.25) is 19.2 Å². The molecule has 0 radical (unpaired) electrons. The lowest BCUT2D eigenvalue weighted by molar-refractivity contribution is -0.114. The van der Waals surface area contributed by atoms with Gasteiger partial charge in [0.25, 0.3) is 17.6 Å². The van der Waals surface area contributed by atoms with Crippen LogP contribution in [0.15, 0.2) is 46.9 Å². The van der Waals surface area contributed by atoms with Crippen LogP contribution in [0.25, 0.3) is 0 Å². The summed E-state index contributed by atoms with van der Waals surface area (Å²) in [6.45, 7) is 1.31. The molecule has 0 aliphatic heterocycles. The first-order valence-electron chi connectivity index (χ1n) is 8.67. The summed E-state index contributed by atoms with van der Waals surface area (Å²) >= 11 is 3.26. The molecule has 0 aromatic heterocycles. The van der Waals surface area contributed by atoms with Crippen molar-refractivity contribution in [2.75, 3.05) is 10.6 Å². The Morgan fingerprint density at radius 2 is 1.75 bits per heavy atom. The lowest BCUT2D eigenvalue weighted by Crippen LogP contribution is -2.26. The van der Waals surface area contributed by atoms with E-state index in [1.54, 1.807) is 24.3 Å². The fourth-order valence-electron chi connectivity index (χ4n) is 2.55. The third-order valence-corrected chi connectivity index (χ3v) is 4.53. The minimum Gasteiger partial charge on any atom is -0.349 e. The van der Waals surface area contributed by atoms with Gasteiger partial charge in [-0.05, 0) is 49.2 Å².